The van der Waals surface area contributed by atoms with Crippen LogP contribution in [0.1, 0.15) is 50.8 Å². The number of sulfonamides is 1. The number of nitrogens with zero attached hydrogens (tertiary/aromatic N) is 3. The Morgan fingerprint density at radius 1 is 1.16 bits per heavy atom. The number of piperidine rings is 1. The lowest BCUT2D eigenvalue weighted by molar-refractivity contribution is 0.140. The van der Waals surface area contributed by atoms with Gasteiger partial charge in [0.15, 0.2) is 5.82 Å². The summed E-state index contributed by atoms with van der Waals surface area (Å²) in [6, 6.07) is 8.60. The van der Waals surface area contributed by atoms with Gasteiger partial charge >= 0.3 is 0 Å². The second-order valence-corrected chi connectivity index (χ2v) is 13.8. The number of hydrogen-bond acceptors (Lipinski definition) is 8. The maximum Gasteiger partial charge on any atom is 0.265 e. The van der Waals surface area contributed by atoms with Crippen LogP contribution >= 0.6 is 11.6 Å². The van der Waals surface area contributed by atoms with Crippen LogP contribution in [0.2, 0.25) is 5.02 Å². The zero-order chi connectivity index (χ0) is 32.0. The normalized spacial score (nSPS) is 17.5. The predicted octanol–water partition coefficient (Wildman–Crippen LogP) is 6.30. The lowest BCUT2D eigenvalue weighted by Gasteiger charge is -2.34. The molecule has 2 aliphatic heterocycles. The zero-order valence-electron chi connectivity index (χ0n) is 25.1. The molecule has 3 heterocycles. The second kappa shape index (κ2) is 12.3. The Labute approximate surface area is 265 Å². The van der Waals surface area contributed by atoms with E-state index >= 15 is 8.78 Å². The Hall–Kier alpha value is -3.58. The third-order valence-electron chi connectivity index (χ3n) is 8.44. The van der Waals surface area contributed by atoms with Crippen LogP contribution in [0, 0.1) is 11.6 Å². The molecule has 4 aromatic rings. The van der Waals surface area contributed by atoms with Gasteiger partial charge in [-0.1, -0.05) is 18.5 Å². The molecule has 3 N–H and O–H groups in total. The van der Waals surface area contributed by atoms with Crippen LogP contribution < -0.4 is 14.8 Å². The topological polar surface area (TPSA) is 117 Å². The van der Waals surface area contributed by atoms with Crippen molar-refractivity contribution in [2.24, 2.45) is 0 Å². The number of anilines is 2. The van der Waals surface area contributed by atoms with Gasteiger partial charge in [-0.3, -0.25) is 4.72 Å². The van der Waals surface area contributed by atoms with Crippen LogP contribution in [0.5, 0.6) is 5.75 Å². The average molecular weight is 658 g/mol. The molecular formula is C32H34ClF2N5O4S. The Balaban J connectivity index is 1.31. The molecule has 1 saturated heterocycles. The van der Waals surface area contributed by atoms with Gasteiger partial charge in [0, 0.05) is 47.3 Å². The van der Waals surface area contributed by atoms with Crippen molar-refractivity contribution >= 4 is 44.2 Å². The molecule has 45 heavy (non-hydrogen) atoms. The highest BCUT2D eigenvalue weighted by molar-refractivity contribution is 7.92. The summed E-state index contributed by atoms with van der Waals surface area (Å²) in [6.45, 7) is 8.17. The number of aryl methyl sites for hydroxylation is 1. The molecule has 2 aliphatic rings. The Morgan fingerprint density at radius 3 is 2.62 bits per heavy atom. The van der Waals surface area contributed by atoms with E-state index in [1.165, 1.54) is 6.07 Å². The second-order valence-electron chi connectivity index (χ2n) is 11.7. The van der Waals surface area contributed by atoms with Gasteiger partial charge in [0.1, 0.15) is 29.2 Å². The van der Waals surface area contributed by atoms with Gasteiger partial charge < -0.3 is 20.1 Å². The first-order valence-corrected chi connectivity index (χ1v) is 16.8. The minimum Gasteiger partial charge on any atom is -0.489 e. The Bertz CT molecular complexity index is 1880. The summed E-state index contributed by atoms with van der Waals surface area (Å²) in [5.74, 6) is -1.52. The number of aliphatic hydroxyl groups is 1. The molecule has 3 aromatic carbocycles. The van der Waals surface area contributed by atoms with Crippen molar-refractivity contribution in [2.45, 2.75) is 63.1 Å². The van der Waals surface area contributed by atoms with Gasteiger partial charge in [-0.15, -0.1) is 0 Å². The molecule has 9 nitrogen and oxygen atoms in total. The summed E-state index contributed by atoms with van der Waals surface area (Å²) in [4.78, 5) is 11.3. The number of benzene rings is 3. The fourth-order valence-corrected chi connectivity index (χ4v) is 7.53. The third kappa shape index (κ3) is 6.16. The van der Waals surface area contributed by atoms with Gasteiger partial charge in [0.2, 0.25) is 5.95 Å². The van der Waals surface area contributed by atoms with Crippen molar-refractivity contribution in [1.29, 1.82) is 0 Å². The molecule has 0 aliphatic carbocycles. The number of aliphatic hydroxyl groups excluding tert-OH is 1. The fourth-order valence-electron chi connectivity index (χ4n) is 5.98. The third-order valence-corrected chi connectivity index (χ3v) is 10.0. The number of nitrogens with one attached hydrogen (secondary N) is 2. The van der Waals surface area contributed by atoms with E-state index in [4.69, 9.17) is 21.3 Å². The van der Waals surface area contributed by atoms with E-state index in [0.717, 1.165) is 49.7 Å². The standard InChI is InChI=1S/C32H34ClF2N5O4S/c1-4-18-11-19(12-20-15-36-32(38-30(18)20)37-22-7-9-40(10-8-22)17(2)3)28-24(34)5-6-25(29(28)35)39-45(42,43)27-14-21(33)13-23-26(41)16-44-31(23)27/h5-6,11-15,17,22,26,39,41H,4,7-10,16H2,1-3H3,(H,36,37,38). The van der Waals surface area contributed by atoms with E-state index in [2.05, 4.69) is 33.8 Å². The number of fused-ring (bicyclic) bond motifs is 2. The molecule has 1 atom stereocenters. The van der Waals surface area contributed by atoms with Crippen molar-refractivity contribution in [3.05, 3.63) is 70.4 Å². The molecule has 1 unspecified atom stereocenters. The van der Waals surface area contributed by atoms with Crippen LogP contribution in [-0.4, -0.2) is 60.2 Å². The van der Waals surface area contributed by atoms with E-state index in [9.17, 15) is 13.5 Å². The number of hydrogen-bond donors (Lipinski definition) is 3. The molecule has 0 radical (unpaired) electrons. The Kier molecular flexibility index (Phi) is 8.59. The summed E-state index contributed by atoms with van der Waals surface area (Å²) in [5, 5.41) is 14.2. The number of halogens is 3. The highest BCUT2D eigenvalue weighted by atomic mass is 35.5. The molecule has 13 heteroatoms. The number of ether oxygens (including phenoxy) is 1. The van der Waals surface area contributed by atoms with Crippen molar-refractivity contribution in [3.8, 4) is 16.9 Å². The van der Waals surface area contributed by atoms with E-state index < -0.39 is 39.0 Å². The van der Waals surface area contributed by atoms with Gasteiger partial charge in [-0.25, -0.2) is 27.2 Å². The van der Waals surface area contributed by atoms with E-state index in [1.807, 2.05) is 6.92 Å². The molecule has 1 aromatic heterocycles. The summed E-state index contributed by atoms with van der Waals surface area (Å²) in [5.41, 5.74) is 1.01. The van der Waals surface area contributed by atoms with Crippen molar-refractivity contribution < 1.29 is 27.0 Å². The van der Waals surface area contributed by atoms with E-state index in [-0.39, 0.29) is 39.4 Å². The van der Waals surface area contributed by atoms with Crippen molar-refractivity contribution in [3.63, 3.8) is 0 Å². The van der Waals surface area contributed by atoms with E-state index in [1.54, 1.807) is 18.3 Å². The van der Waals surface area contributed by atoms with Crippen LogP contribution in [0.25, 0.3) is 22.0 Å². The van der Waals surface area contributed by atoms with Gasteiger partial charge in [-0.2, -0.15) is 0 Å². The van der Waals surface area contributed by atoms with Gasteiger partial charge in [-0.05, 0) is 80.6 Å². The molecule has 238 valence electrons. The molecule has 0 spiro atoms. The molecular weight excluding hydrogens is 624 g/mol. The monoisotopic (exact) mass is 657 g/mol. The SMILES string of the molecule is CCc1cc(-c2c(F)ccc(NS(=O)(=O)c3cc(Cl)cc4c3OCC4O)c2F)cc2cnc(NC3CCN(C(C)C)CC3)nc12. The van der Waals surface area contributed by atoms with Gasteiger partial charge in [0.05, 0.1) is 16.8 Å². The highest BCUT2D eigenvalue weighted by Gasteiger charge is 2.32. The first kappa shape index (κ1) is 31.4. The minimum atomic E-state index is -4.45. The van der Waals surface area contributed by atoms with E-state index in [0.29, 0.717) is 29.3 Å². The first-order valence-electron chi connectivity index (χ1n) is 14.9. The molecule has 0 bridgehead atoms. The number of likely N-dealkylation sites (tertiary alicyclic amines) is 1. The van der Waals surface area contributed by atoms with Crippen LogP contribution in [0.4, 0.5) is 20.4 Å². The smallest absolute Gasteiger partial charge is 0.265 e. The summed E-state index contributed by atoms with van der Waals surface area (Å²) in [7, 11) is -4.45. The molecule has 0 saturated carbocycles. The largest absolute Gasteiger partial charge is 0.489 e. The van der Waals surface area contributed by atoms with Gasteiger partial charge in [0.25, 0.3) is 10.0 Å². The molecule has 0 amide bonds. The number of aromatic nitrogens is 2. The lowest BCUT2D eigenvalue weighted by atomic mass is 9.97. The highest BCUT2D eigenvalue weighted by Crippen LogP contribution is 2.41. The number of rotatable bonds is 8. The average Bonchev–Trinajstić information content (AvgIpc) is 3.38. The maximum atomic E-state index is 16.0. The summed E-state index contributed by atoms with van der Waals surface area (Å²) in [6.07, 6.45) is 3.07. The summed E-state index contributed by atoms with van der Waals surface area (Å²) >= 11 is 6.11. The molecule has 1 fully saturated rings. The zero-order valence-corrected chi connectivity index (χ0v) is 26.6. The lowest BCUT2D eigenvalue weighted by Crippen LogP contribution is -2.42. The van der Waals surface area contributed by atoms with Crippen LogP contribution in [0.15, 0.2) is 47.5 Å². The predicted molar refractivity (Wildman–Crippen MR) is 170 cm³/mol. The van der Waals surface area contributed by atoms with Crippen LogP contribution in [0.3, 0.4) is 0 Å². The van der Waals surface area contributed by atoms with Crippen molar-refractivity contribution in [1.82, 2.24) is 14.9 Å². The van der Waals surface area contributed by atoms with Crippen LogP contribution in [-0.2, 0) is 16.4 Å². The fraction of sp³-hybridized carbons (Fsp3) is 0.375. The quantitative estimate of drug-likeness (QED) is 0.202. The summed E-state index contributed by atoms with van der Waals surface area (Å²) < 4.78 is 65.6. The Morgan fingerprint density at radius 2 is 1.91 bits per heavy atom. The molecule has 6 rings (SSSR count). The van der Waals surface area contributed by atoms with Crippen molar-refractivity contribution in [2.75, 3.05) is 29.7 Å². The maximum absolute atomic E-state index is 16.0. The minimum absolute atomic E-state index is 0.0549. The first-order chi connectivity index (χ1) is 21.4.